The number of hydrogen-bond acceptors (Lipinski definition) is 2. The fraction of sp³-hybridized carbons (Fsp3) is 0.188. The van der Waals surface area contributed by atoms with Crippen LogP contribution in [0.4, 0.5) is 5.69 Å². The van der Waals surface area contributed by atoms with Crippen LogP contribution in [-0.4, -0.2) is 23.2 Å². The fourth-order valence-corrected chi connectivity index (χ4v) is 2.75. The van der Waals surface area contributed by atoms with Gasteiger partial charge in [0.15, 0.2) is 0 Å². The van der Waals surface area contributed by atoms with Gasteiger partial charge >= 0.3 is 5.69 Å². The number of para-hydroxylation sites is 2. The van der Waals surface area contributed by atoms with E-state index in [1.165, 1.54) is 0 Å². The monoisotopic (exact) mass is 301 g/mol. The van der Waals surface area contributed by atoms with Gasteiger partial charge in [-0.3, -0.25) is 9.13 Å². The Balaban J connectivity index is 2.44. The molecule has 0 atom stereocenters. The third-order valence-electron chi connectivity index (χ3n) is 3.62. The van der Waals surface area contributed by atoms with Crippen LogP contribution in [0.5, 0.6) is 0 Å². The van der Waals surface area contributed by atoms with Gasteiger partial charge in [0.05, 0.1) is 22.4 Å². The van der Waals surface area contributed by atoms with Gasteiger partial charge in [-0.1, -0.05) is 23.7 Å². The van der Waals surface area contributed by atoms with Gasteiger partial charge in [0.2, 0.25) is 0 Å². The Kier molecular flexibility index (Phi) is 3.26. The Bertz CT molecular complexity index is 877. The van der Waals surface area contributed by atoms with E-state index in [9.17, 15) is 4.79 Å². The Morgan fingerprint density at radius 3 is 2.48 bits per heavy atom. The van der Waals surface area contributed by atoms with Crippen LogP contribution in [0.3, 0.4) is 0 Å². The number of benzene rings is 2. The highest BCUT2D eigenvalue weighted by Crippen LogP contribution is 2.26. The molecule has 5 heteroatoms. The summed E-state index contributed by atoms with van der Waals surface area (Å²) in [4.78, 5) is 14.6. The average Bonchev–Trinajstić information content (AvgIpc) is 2.70. The third-order valence-corrected chi connectivity index (χ3v) is 3.86. The van der Waals surface area contributed by atoms with Crippen LogP contribution in [0.15, 0.2) is 47.3 Å². The average molecular weight is 302 g/mol. The molecule has 4 nitrogen and oxygen atoms in total. The summed E-state index contributed by atoms with van der Waals surface area (Å²) in [5.74, 6) is 0. The van der Waals surface area contributed by atoms with Crippen molar-refractivity contribution in [3.63, 3.8) is 0 Å². The maximum atomic E-state index is 12.6. The number of aryl methyl sites for hydroxylation is 1. The van der Waals surface area contributed by atoms with Gasteiger partial charge in [0.1, 0.15) is 0 Å². The molecule has 1 aromatic heterocycles. The number of halogens is 1. The van der Waals surface area contributed by atoms with Crippen LogP contribution in [0.2, 0.25) is 5.02 Å². The summed E-state index contributed by atoms with van der Waals surface area (Å²) >= 11 is 6.11. The molecule has 0 saturated carbocycles. The second-order valence-electron chi connectivity index (χ2n) is 5.19. The number of imidazole rings is 1. The molecule has 0 spiro atoms. The van der Waals surface area contributed by atoms with Crippen molar-refractivity contribution in [1.29, 1.82) is 0 Å². The lowest BCUT2D eigenvalue weighted by Crippen LogP contribution is -2.23. The topological polar surface area (TPSA) is 30.2 Å². The zero-order valence-electron chi connectivity index (χ0n) is 12.2. The minimum absolute atomic E-state index is 0.0819. The van der Waals surface area contributed by atoms with Gasteiger partial charge in [-0.25, -0.2) is 4.79 Å². The van der Waals surface area contributed by atoms with E-state index in [1.54, 1.807) is 22.2 Å². The molecule has 0 saturated heterocycles. The number of rotatable bonds is 2. The first-order valence-corrected chi connectivity index (χ1v) is 7.02. The molecule has 21 heavy (non-hydrogen) atoms. The number of nitrogens with zero attached hydrogens (tertiary/aromatic N) is 3. The highest BCUT2D eigenvalue weighted by atomic mass is 35.5. The first kappa shape index (κ1) is 13.8. The van der Waals surface area contributed by atoms with Gasteiger partial charge in [-0.15, -0.1) is 0 Å². The minimum Gasteiger partial charge on any atom is -0.376 e. The second kappa shape index (κ2) is 4.97. The summed E-state index contributed by atoms with van der Waals surface area (Å²) in [5, 5.41) is 0.615. The van der Waals surface area contributed by atoms with Crippen LogP contribution in [0, 0.1) is 0 Å². The summed E-state index contributed by atoms with van der Waals surface area (Å²) in [6.07, 6.45) is 0. The van der Waals surface area contributed by atoms with Gasteiger partial charge < -0.3 is 4.90 Å². The number of fused-ring (bicyclic) bond motifs is 1. The lowest BCUT2D eigenvalue weighted by atomic mass is 10.2. The third kappa shape index (κ3) is 2.12. The molecule has 3 aromatic rings. The normalized spacial score (nSPS) is 11.0. The van der Waals surface area contributed by atoms with Crippen LogP contribution in [0.25, 0.3) is 16.7 Å². The Hall–Kier alpha value is -2.20. The second-order valence-corrected chi connectivity index (χ2v) is 5.63. The zero-order chi connectivity index (χ0) is 15.1. The zero-order valence-corrected chi connectivity index (χ0v) is 12.9. The predicted octanol–water partition coefficient (Wildman–Crippen LogP) is 3.05. The Morgan fingerprint density at radius 1 is 1.05 bits per heavy atom. The Labute approximate surface area is 127 Å². The number of aromatic nitrogens is 2. The molecule has 0 bridgehead atoms. The van der Waals surface area contributed by atoms with Crippen molar-refractivity contribution in [1.82, 2.24) is 9.13 Å². The highest BCUT2D eigenvalue weighted by molar-refractivity contribution is 6.31. The van der Waals surface area contributed by atoms with Gasteiger partial charge in [0, 0.05) is 26.2 Å². The van der Waals surface area contributed by atoms with Crippen LogP contribution >= 0.6 is 11.6 Å². The molecule has 0 aliphatic rings. The molecule has 3 rings (SSSR count). The lowest BCUT2D eigenvalue weighted by molar-refractivity contribution is 0.844. The first-order chi connectivity index (χ1) is 10.0. The maximum absolute atomic E-state index is 12.6. The molecule has 0 radical (unpaired) electrons. The summed E-state index contributed by atoms with van der Waals surface area (Å²) in [6, 6.07) is 13.3. The SMILES string of the molecule is CN(C)c1ccccc1-n1c(=O)n(C)c2ccc(Cl)cc21. The standard InChI is InChI=1S/C16H16ClN3O/c1-18(2)12-6-4-5-7-14(12)20-15-10-11(17)8-9-13(15)19(3)16(20)21/h4-10H,1-3H3. The predicted molar refractivity (Wildman–Crippen MR) is 87.9 cm³/mol. The molecule has 1 heterocycles. The quantitative estimate of drug-likeness (QED) is 0.728. The molecule has 2 aromatic carbocycles. The summed E-state index contributed by atoms with van der Waals surface area (Å²) < 4.78 is 3.34. The molecule has 0 amide bonds. The molecular weight excluding hydrogens is 286 g/mol. The van der Waals surface area contributed by atoms with Crippen molar-refractivity contribution in [3.8, 4) is 5.69 Å². The van der Waals surface area contributed by atoms with Crippen molar-refractivity contribution in [2.24, 2.45) is 7.05 Å². The van der Waals surface area contributed by atoms with E-state index in [0.717, 1.165) is 22.4 Å². The van der Waals surface area contributed by atoms with Crippen molar-refractivity contribution in [2.75, 3.05) is 19.0 Å². The van der Waals surface area contributed by atoms with Gasteiger partial charge in [0.25, 0.3) is 0 Å². The molecule has 0 fully saturated rings. The van der Waals surface area contributed by atoms with Crippen LogP contribution < -0.4 is 10.6 Å². The van der Waals surface area contributed by atoms with Gasteiger partial charge in [-0.2, -0.15) is 0 Å². The van der Waals surface area contributed by atoms with E-state index in [4.69, 9.17) is 11.6 Å². The molecule has 0 unspecified atom stereocenters. The molecule has 0 aliphatic carbocycles. The van der Waals surface area contributed by atoms with Crippen LogP contribution in [0.1, 0.15) is 0 Å². The van der Waals surface area contributed by atoms with E-state index in [2.05, 4.69) is 0 Å². The fourth-order valence-electron chi connectivity index (χ4n) is 2.58. The summed E-state index contributed by atoms with van der Waals surface area (Å²) in [6.45, 7) is 0. The molecule has 0 N–H and O–H groups in total. The van der Waals surface area contributed by atoms with E-state index in [1.807, 2.05) is 55.4 Å². The first-order valence-electron chi connectivity index (χ1n) is 6.64. The smallest absolute Gasteiger partial charge is 0.333 e. The highest BCUT2D eigenvalue weighted by Gasteiger charge is 2.15. The van der Waals surface area contributed by atoms with Crippen LogP contribution in [-0.2, 0) is 7.05 Å². The van der Waals surface area contributed by atoms with Crippen molar-refractivity contribution in [3.05, 3.63) is 58.0 Å². The Morgan fingerprint density at radius 2 is 1.76 bits per heavy atom. The van der Waals surface area contributed by atoms with Gasteiger partial charge in [-0.05, 0) is 30.3 Å². The van der Waals surface area contributed by atoms with Crippen molar-refractivity contribution >= 4 is 28.3 Å². The summed E-state index contributed by atoms with van der Waals surface area (Å²) in [5.41, 5.74) is 3.41. The van der Waals surface area contributed by atoms with E-state index < -0.39 is 0 Å². The van der Waals surface area contributed by atoms with Crippen molar-refractivity contribution in [2.45, 2.75) is 0 Å². The molecule has 0 aliphatic heterocycles. The molecular formula is C16H16ClN3O. The van der Waals surface area contributed by atoms with E-state index in [0.29, 0.717) is 5.02 Å². The largest absolute Gasteiger partial charge is 0.376 e. The number of anilines is 1. The number of hydrogen-bond donors (Lipinski definition) is 0. The molecule has 108 valence electrons. The van der Waals surface area contributed by atoms with Crippen molar-refractivity contribution < 1.29 is 0 Å². The van der Waals surface area contributed by atoms with E-state index >= 15 is 0 Å². The minimum atomic E-state index is -0.0819. The maximum Gasteiger partial charge on any atom is 0.333 e. The lowest BCUT2D eigenvalue weighted by Gasteiger charge is -2.17. The summed E-state index contributed by atoms with van der Waals surface area (Å²) in [7, 11) is 5.69. The van der Waals surface area contributed by atoms with E-state index in [-0.39, 0.29) is 5.69 Å².